The molecule has 1 aromatic carbocycles. The number of likely N-dealkylation sites (tertiary alicyclic amines) is 1. The molecular weight excluding hydrogens is 344 g/mol. The second-order valence-corrected chi connectivity index (χ2v) is 7.31. The van der Waals surface area contributed by atoms with Gasteiger partial charge in [0.1, 0.15) is 6.07 Å². The van der Waals surface area contributed by atoms with Gasteiger partial charge in [-0.3, -0.25) is 4.90 Å². The lowest BCUT2D eigenvalue weighted by Crippen LogP contribution is -2.30. The predicted molar refractivity (Wildman–Crippen MR) is 103 cm³/mol. The molecule has 0 aliphatic carbocycles. The van der Waals surface area contributed by atoms with Crippen molar-refractivity contribution in [2.75, 3.05) is 25.0 Å². The lowest BCUT2D eigenvalue weighted by Gasteiger charge is -2.26. The van der Waals surface area contributed by atoms with Crippen molar-refractivity contribution in [3.63, 3.8) is 0 Å². The number of thiophene rings is 1. The minimum absolute atomic E-state index is 0.286. The summed E-state index contributed by atoms with van der Waals surface area (Å²) >= 11 is 1.77. The fourth-order valence-electron chi connectivity index (χ4n) is 3.35. The lowest BCUT2D eigenvalue weighted by atomic mass is 10.2. The molecule has 0 spiro atoms. The summed E-state index contributed by atoms with van der Waals surface area (Å²) in [7, 11) is 0. The van der Waals surface area contributed by atoms with E-state index in [0.717, 1.165) is 18.7 Å². The van der Waals surface area contributed by atoms with Crippen LogP contribution in [0.4, 0.5) is 5.88 Å². The predicted octanol–water partition coefficient (Wildman–Crippen LogP) is 4.52. The maximum atomic E-state index is 9.42. The van der Waals surface area contributed by atoms with E-state index in [4.69, 9.17) is 4.42 Å². The first-order chi connectivity index (χ1) is 12.8. The number of benzene rings is 1. The minimum atomic E-state index is 0.286. The average Bonchev–Trinajstić information content (AvgIpc) is 3.45. The number of oxazole rings is 1. The second kappa shape index (κ2) is 7.73. The van der Waals surface area contributed by atoms with Crippen molar-refractivity contribution in [3.05, 3.63) is 58.4 Å². The largest absolute Gasteiger partial charge is 0.419 e. The van der Waals surface area contributed by atoms with Crippen LogP contribution in [0.2, 0.25) is 0 Å². The Labute approximate surface area is 156 Å². The van der Waals surface area contributed by atoms with E-state index < -0.39 is 0 Å². The number of hydrogen-bond acceptors (Lipinski definition) is 6. The first-order valence-electron chi connectivity index (χ1n) is 8.83. The molecule has 5 nitrogen and oxygen atoms in total. The molecule has 1 atom stereocenters. The van der Waals surface area contributed by atoms with Crippen molar-refractivity contribution in [3.8, 4) is 17.5 Å². The highest BCUT2D eigenvalue weighted by Crippen LogP contribution is 2.30. The zero-order valence-electron chi connectivity index (χ0n) is 14.4. The van der Waals surface area contributed by atoms with E-state index in [0.29, 0.717) is 24.0 Å². The molecule has 0 amide bonds. The Kier molecular flexibility index (Phi) is 5.00. The first-order valence-corrected chi connectivity index (χ1v) is 9.71. The van der Waals surface area contributed by atoms with Crippen molar-refractivity contribution < 1.29 is 4.42 Å². The van der Waals surface area contributed by atoms with Crippen LogP contribution >= 0.6 is 11.3 Å². The Morgan fingerprint density at radius 1 is 1.19 bits per heavy atom. The van der Waals surface area contributed by atoms with E-state index in [-0.39, 0.29) is 6.04 Å². The van der Waals surface area contributed by atoms with E-state index in [1.165, 1.54) is 17.7 Å². The van der Waals surface area contributed by atoms with Gasteiger partial charge in [0.25, 0.3) is 0 Å². The smallest absolute Gasteiger partial charge is 0.232 e. The quantitative estimate of drug-likeness (QED) is 0.696. The van der Waals surface area contributed by atoms with Crippen molar-refractivity contribution in [2.24, 2.45) is 0 Å². The molecule has 132 valence electrons. The average molecular weight is 364 g/mol. The van der Waals surface area contributed by atoms with Gasteiger partial charge in [0.2, 0.25) is 17.5 Å². The molecule has 4 rings (SSSR count). The van der Waals surface area contributed by atoms with Crippen LogP contribution in [0.25, 0.3) is 11.5 Å². The maximum absolute atomic E-state index is 9.42. The zero-order chi connectivity index (χ0) is 17.8. The number of hydrogen-bond donors (Lipinski definition) is 1. The van der Waals surface area contributed by atoms with Crippen LogP contribution in [0.15, 0.2) is 52.3 Å². The highest BCUT2D eigenvalue weighted by molar-refractivity contribution is 7.10. The van der Waals surface area contributed by atoms with E-state index >= 15 is 0 Å². The minimum Gasteiger partial charge on any atom is -0.419 e. The van der Waals surface area contributed by atoms with Gasteiger partial charge in [0, 0.05) is 17.0 Å². The molecule has 0 radical (unpaired) electrons. The van der Waals surface area contributed by atoms with Crippen LogP contribution in [0.3, 0.4) is 0 Å². The molecule has 26 heavy (non-hydrogen) atoms. The molecule has 1 fully saturated rings. The number of aromatic nitrogens is 1. The normalized spacial score (nSPS) is 15.7. The third kappa shape index (κ3) is 3.50. The maximum Gasteiger partial charge on any atom is 0.232 e. The molecule has 6 heteroatoms. The summed E-state index contributed by atoms with van der Waals surface area (Å²) in [5.74, 6) is 0.922. The summed E-state index contributed by atoms with van der Waals surface area (Å²) < 4.78 is 5.86. The van der Waals surface area contributed by atoms with E-state index in [1.54, 1.807) is 11.3 Å². The molecule has 3 heterocycles. The van der Waals surface area contributed by atoms with Crippen LogP contribution in [-0.4, -0.2) is 29.5 Å². The third-order valence-corrected chi connectivity index (χ3v) is 5.64. The molecule has 1 N–H and O–H groups in total. The summed E-state index contributed by atoms with van der Waals surface area (Å²) in [5.41, 5.74) is 1.17. The van der Waals surface area contributed by atoms with Gasteiger partial charge in [-0.05, 0) is 49.5 Å². The van der Waals surface area contributed by atoms with Crippen LogP contribution in [0.1, 0.15) is 29.5 Å². The van der Waals surface area contributed by atoms with Gasteiger partial charge in [-0.1, -0.05) is 24.3 Å². The van der Waals surface area contributed by atoms with Crippen LogP contribution in [-0.2, 0) is 0 Å². The molecule has 1 aliphatic rings. The van der Waals surface area contributed by atoms with Crippen LogP contribution in [0.5, 0.6) is 0 Å². The molecule has 0 saturated carbocycles. The van der Waals surface area contributed by atoms with Crippen LogP contribution in [0, 0.1) is 11.3 Å². The standard InChI is InChI=1S/C20H20N4OS/c21-13-16-20(25-19(23-16)15-7-2-1-3-8-15)22-14-17(18-9-6-12-26-18)24-10-4-5-11-24/h1-3,6-9,12,17,22H,4-5,10-11,14H2/t17-/m0/s1. The second-order valence-electron chi connectivity index (χ2n) is 6.33. The van der Waals surface area contributed by atoms with E-state index in [1.807, 2.05) is 30.3 Å². The molecule has 2 aromatic heterocycles. The molecule has 1 saturated heterocycles. The molecule has 0 bridgehead atoms. The monoisotopic (exact) mass is 364 g/mol. The van der Waals surface area contributed by atoms with Crippen LogP contribution < -0.4 is 5.32 Å². The van der Waals surface area contributed by atoms with Gasteiger partial charge in [-0.25, -0.2) is 0 Å². The number of anilines is 1. The van der Waals surface area contributed by atoms with Gasteiger partial charge in [-0.2, -0.15) is 10.2 Å². The highest BCUT2D eigenvalue weighted by atomic mass is 32.1. The first kappa shape index (κ1) is 16.8. The van der Waals surface area contributed by atoms with Gasteiger partial charge >= 0.3 is 0 Å². The van der Waals surface area contributed by atoms with Gasteiger partial charge in [0.15, 0.2) is 0 Å². The number of rotatable bonds is 6. The Balaban J connectivity index is 1.54. The summed E-state index contributed by atoms with van der Waals surface area (Å²) in [5, 5.41) is 14.9. The lowest BCUT2D eigenvalue weighted by molar-refractivity contribution is 0.258. The summed E-state index contributed by atoms with van der Waals surface area (Å²) in [4.78, 5) is 8.17. The fraction of sp³-hybridized carbons (Fsp3) is 0.300. The van der Waals surface area contributed by atoms with E-state index in [9.17, 15) is 5.26 Å². The van der Waals surface area contributed by atoms with Gasteiger partial charge in [0.05, 0.1) is 6.04 Å². The summed E-state index contributed by atoms with van der Waals surface area (Å²) in [6, 6.07) is 16.3. The molecule has 3 aromatic rings. The number of nitrogens with one attached hydrogen (secondary N) is 1. The highest BCUT2D eigenvalue weighted by Gasteiger charge is 2.25. The van der Waals surface area contributed by atoms with Crippen molar-refractivity contribution in [2.45, 2.75) is 18.9 Å². The number of nitrogens with zero attached hydrogens (tertiary/aromatic N) is 3. The molecule has 1 aliphatic heterocycles. The Bertz CT molecular complexity index is 876. The Morgan fingerprint density at radius 3 is 2.69 bits per heavy atom. The third-order valence-electron chi connectivity index (χ3n) is 4.66. The van der Waals surface area contributed by atoms with Crippen molar-refractivity contribution >= 4 is 17.2 Å². The van der Waals surface area contributed by atoms with Crippen molar-refractivity contribution in [1.82, 2.24) is 9.88 Å². The SMILES string of the molecule is N#Cc1nc(-c2ccccc2)oc1NC[C@@H](c1cccs1)N1CCCC1. The van der Waals surface area contributed by atoms with Gasteiger partial charge in [-0.15, -0.1) is 11.3 Å². The Morgan fingerprint density at radius 2 is 2.00 bits per heavy atom. The summed E-state index contributed by atoms with van der Waals surface area (Å²) in [6.45, 7) is 2.92. The molecule has 0 unspecified atom stereocenters. The zero-order valence-corrected chi connectivity index (χ0v) is 15.2. The van der Waals surface area contributed by atoms with Crippen molar-refractivity contribution in [1.29, 1.82) is 5.26 Å². The van der Waals surface area contributed by atoms with E-state index in [2.05, 4.69) is 38.8 Å². The number of nitriles is 1. The summed E-state index contributed by atoms with van der Waals surface area (Å²) in [6.07, 6.45) is 2.48. The topological polar surface area (TPSA) is 65.1 Å². The Hall–Kier alpha value is -2.62. The van der Waals surface area contributed by atoms with Gasteiger partial charge < -0.3 is 9.73 Å². The fourth-order valence-corrected chi connectivity index (χ4v) is 4.21. The molecular formula is C20H20N4OS.